The van der Waals surface area contributed by atoms with E-state index in [1.54, 1.807) is 90.1 Å². The Morgan fingerprint density at radius 2 is 0.968 bits per heavy atom. The van der Waals surface area contributed by atoms with Gasteiger partial charge in [0, 0.05) is 11.4 Å². The van der Waals surface area contributed by atoms with Gasteiger partial charge < -0.3 is 18.8 Å². The number of anilines is 2. The Balaban J connectivity index is 1.76. The van der Waals surface area contributed by atoms with Gasteiger partial charge in [0.2, 0.25) is 0 Å². The molecule has 0 fully saturated rings. The molecule has 0 aliphatic rings. The van der Waals surface area contributed by atoms with Crippen molar-refractivity contribution in [1.29, 1.82) is 0 Å². The van der Waals surface area contributed by atoms with Crippen LogP contribution in [0.5, 0.6) is 11.5 Å². The van der Waals surface area contributed by atoms with E-state index in [0.717, 1.165) is 0 Å². The lowest BCUT2D eigenvalue weighted by Crippen LogP contribution is -2.27. The monoisotopic (exact) mass is 427 g/mol. The molecule has 8 nitrogen and oxygen atoms in total. The standard InChI is InChI=1S/C22H28BN2O6/c1-21(2,3)28-19(26)24-15-7-11-17(12-8-15)30-23-31-18-13-9-16(10-14-18)25-20(27)29-22(4,5)6/h7-14H,1-6H3,(H,24,26)(H,25,27). The van der Waals surface area contributed by atoms with Crippen LogP contribution in [0.25, 0.3) is 0 Å². The molecule has 0 bridgehead atoms. The van der Waals surface area contributed by atoms with Gasteiger partial charge in [-0.3, -0.25) is 10.6 Å². The molecule has 2 amide bonds. The van der Waals surface area contributed by atoms with Gasteiger partial charge in [0.25, 0.3) is 0 Å². The smallest absolute Gasteiger partial charge is 0.526 e. The fourth-order valence-corrected chi connectivity index (χ4v) is 2.21. The van der Waals surface area contributed by atoms with Gasteiger partial charge in [-0.1, -0.05) is 0 Å². The van der Waals surface area contributed by atoms with Gasteiger partial charge in [-0.05, 0) is 90.1 Å². The number of carbonyl (C=O) groups excluding carboxylic acids is 2. The van der Waals surface area contributed by atoms with Crippen molar-refractivity contribution in [3.8, 4) is 11.5 Å². The first-order valence-electron chi connectivity index (χ1n) is 9.75. The van der Waals surface area contributed by atoms with E-state index in [2.05, 4.69) is 10.6 Å². The summed E-state index contributed by atoms with van der Waals surface area (Å²) in [6.07, 6.45) is -1.05. The Bertz CT molecular complexity index is 797. The predicted molar refractivity (Wildman–Crippen MR) is 120 cm³/mol. The number of ether oxygens (including phenoxy) is 2. The van der Waals surface area contributed by atoms with Gasteiger partial charge in [-0.25, -0.2) is 9.59 Å². The molecule has 2 aromatic rings. The topological polar surface area (TPSA) is 95.1 Å². The number of hydrogen-bond donors (Lipinski definition) is 2. The van der Waals surface area contributed by atoms with E-state index in [9.17, 15) is 9.59 Å². The first-order chi connectivity index (χ1) is 14.4. The lowest BCUT2D eigenvalue weighted by atomic mass is 10.2. The Morgan fingerprint density at radius 3 is 1.26 bits per heavy atom. The minimum absolute atomic E-state index is 0.526. The molecule has 31 heavy (non-hydrogen) atoms. The molecule has 0 aliphatic heterocycles. The van der Waals surface area contributed by atoms with Crippen LogP contribution in [0, 0.1) is 0 Å². The highest BCUT2D eigenvalue weighted by molar-refractivity contribution is 6.20. The summed E-state index contributed by atoms with van der Waals surface area (Å²) in [4.78, 5) is 23.5. The molecular formula is C22H28BN2O6. The molecule has 0 saturated heterocycles. The summed E-state index contributed by atoms with van der Waals surface area (Å²) in [5, 5.41) is 5.28. The van der Waals surface area contributed by atoms with Crippen LogP contribution in [-0.2, 0) is 9.47 Å². The molecule has 0 saturated carbocycles. The number of nitrogens with one attached hydrogen (secondary N) is 2. The maximum Gasteiger partial charge on any atom is 0.658 e. The Morgan fingerprint density at radius 1 is 0.645 bits per heavy atom. The fraction of sp³-hybridized carbons (Fsp3) is 0.364. The minimum Gasteiger partial charge on any atom is -0.526 e. The number of amides is 2. The van der Waals surface area contributed by atoms with Crippen molar-refractivity contribution in [2.45, 2.75) is 52.7 Å². The Labute approximate surface area is 183 Å². The molecule has 0 heterocycles. The van der Waals surface area contributed by atoms with E-state index < -0.39 is 23.4 Å². The van der Waals surface area contributed by atoms with Gasteiger partial charge in [0.15, 0.2) is 0 Å². The van der Waals surface area contributed by atoms with Crippen molar-refractivity contribution < 1.29 is 28.4 Å². The number of benzene rings is 2. The van der Waals surface area contributed by atoms with Crippen molar-refractivity contribution in [3.05, 3.63) is 48.5 Å². The second-order valence-corrected chi connectivity index (χ2v) is 8.63. The van der Waals surface area contributed by atoms with Crippen LogP contribution in [-0.4, -0.2) is 31.1 Å². The lowest BCUT2D eigenvalue weighted by Gasteiger charge is -2.19. The van der Waals surface area contributed by atoms with Crippen LogP contribution < -0.4 is 19.9 Å². The predicted octanol–water partition coefficient (Wildman–Crippen LogP) is 5.37. The summed E-state index contributed by atoms with van der Waals surface area (Å²) in [6.45, 7) is 10.8. The van der Waals surface area contributed by atoms with Crippen LogP contribution in [0.15, 0.2) is 48.5 Å². The zero-order valence-corrected chi connectivity index (χ0v) is 18.6. The van der Waals surface area contributed by atoms with Crippen molar-refractivity contribution in [2.24, 2.45) is 0 Å². The van der Waals surface area contributed by atoms with Crippen LogP contribution in [0.1, 0.15) is 41.5 Å². The molecule has 0 atom stereocenters. The van der Waals surface area contributed by atoms with E-state index in [0.29, 0.717) is 22.9 Å². The SMILES string of the molecule is CC(C)(C)OC(=O)Nc1ccc(O[B]Oc2ccc(NC(=O)OC(C)(C)C)cc2)cc1. The van der Waals surface area contributed by atoms with Crippen molar-refractivity contribution >= 4 is 31.2 Å². The van der Waals surface area contributed by atoms with E-state index in [4.69, 9.17) is 18.8 Å². The van der Waals surface area contributed by atoms with Gasteiger partial charge in [-0.15, -0.1) is 0 Å². The molecule has 0 aromatic heterocycles. The van der Waals surface area contributed by atoms with Crippen molar-refractivity contribution in [1.82, 2.24) is 0 Å². The zero-order valence-electron chi connectivity index (χ0n) is 18.6. The third-order valence-corrected chi connectivity index (χ3v) is 3.37. The maximum absolute atomic E-state index is 11.8. The third kappa shape index (κ3) is 9.80. The molecule has 0 aliphatic carbocycles. The highest BCUT2D eigenvalue weighted by atomic mass is 16.6. The highest BCUT2D eigenvalue weighted by Crippen LogP contribution is 2.19. The van der Waals surface area contributed by atoms with Crippen molar-refractivity contribution in [2.75, 3.05) is 10.6 Å². The number of carbonyl (C=O) groups is 2. The third-order valence-electron chi connectivity index (χ3n) is 3.37. The first-order valence-corrected chi connectivity index (χ1v) is 9.75. The molecule has 0 spiro atoms. The van der Waals surface area contributed by atoms with E-state index >= 15 is 0 Å². The van der Waals surface area contributed by atoms with Gasteiger partial charge in [0.05, 0.1) is 0 Å². The van der Waals surface area contributed by atoms with E-state index in [1.165, 1.54) is 7.69 Å². The van der Waals surface area contributed by atoms with Gasteiger partial charge >= 0.3 is 19.9 Å². The zero-order chi connectivity index (χ0) is 23.1. The summed E-state index contributed by atoms with van der Waals surface area (Å²) in [5.74, 6) is 1.05. The second-order valence-electron chi connectivity index (χ2n) is 8.63. The summed E-state index contributed by atoms with van der Waals surface area (Å²) in [7, 11) is 1.19. The molecule has 2 N–H and O–H groups in total. The molecular weight excluding hydrogens is 399 g/mol. The highest BCUT2D eigenvalue weighted by Gasteiger charge is 2.17. The summed E-state index contributed by atoms with van der Waals surface area (Å²) < 4.78 is 21.2. The molecule has 9 heteroatoms. The average molecular weight is 427 g/mol. The van der Waals surface area contributed by atoms with Gasteiger partial charge in [-0.2, -0.15) is 0 Å². The largest absolute Gasteiger partial charge is 0.658 e. The molecule has 1 radical (unpaired) electrons. The second kappa shape index (κ2) is 10.1. The number of hydrogen-bond acceptors (Lipinski definition) is 6. The average Bonchev–Trinajstić information content (AvgIpc) is 2.61. The molecule has 2 rings (SSSR count). The first kappa shape index (κ1) is 23.9. The Kier molecular flexibility index (Phi) is 7.80. The summed E-state index contributed by atoms with van der Waals surface area (Å²) in [6, 6.07) is 13.5. The normalized spacial score (nSPS) is 11.2. The van der Waals surface area contributed by atoms with Crippen LogP contribution in [0.3, 0.4) is 0 Å². The maximum atomic E-state index is 11.8. The summed E-state index contributed by atoms with van der Waals surface area (Å²) >= 11 is 0. The van der Waals surface area contributed by atoms with Crippen LogP contribution in [0.4, 0.5) is 21.0 Å². The van der Waals surface area contributed by atoms with E-state index in [1.807, 2.05) is 0 Å². The molecule has 0 unspecified atom stereocenters. The molecule has 2 aromatic carbocycles. The van der Waals surface area contributed by atoms with E-state index in [-0.39, 0.29) is 0 Å². The lowest BCUT2D eigenvalue weighted by molar-refractivity contribution is 0.0624. The molecule has 165 valence electrons. The van der Waals surface area contributed by atoms with Gasteiger partial charge in [0.1, 0.15) is 22.7 Å². The quantitative estimate of drug-likeness (QED) is 0.602. The van der Waals surface area contributed by atoms with Crippen LogP contribution >= 0.6 is 0 Å². The minimum atomic E-state index is -0.566. The number of rotatable bonds is 6. The van der Waals surface area contributed by atoms with Crippen LogP contribution in [0.2, 0.25) is 0 Å². The fourth-order valence-electron chi connectivity index (χ4n) is 2.21. The Hall–Kier alpha value is -3.36. The van der Waals surface area contributed by atoms with Crippen molar-refractivity contribution in [3.63, 3.8) is 0 Å². The summed E-state index contributed by atoms with van der Waals surface area (Å²) in [5.41, 5.74) is 0.0264.